The lowest BCUT2D eigenvalue weighted by atomic mass is 9.90. The maximum Gasteiger partial charge on any atom is 0.410 e. The minimum Gasteiger partial charge on any atom is -0.441 e. The Morgan fingerprint density at radius 1 is 0.837 bits per heavy atom. The molecule has 1 aliphatic carbocycles. The molecule has 2 heterocycles. The van der Waals surface area contributed by atoms with Gasteiger partial charge in [-0.3, -0.25) is 4.90 Å². The number of hydrogen-bond donors (Lipinski definition) is 0. The number of hydrogen-bond acceptors (Lipinski definition) is 5. The summed E-state index contributed by atoms with van der Waals surface area (Å²) in [6, 6.07) is 19.8. The van der Waals surface area contributed by atoms with Gasteiger partial charge >= 0.3 is 6.09 Å². The van der Waals surface area contributed by atoms with Gasteiger partial charge in [-0.15, -0.1) is 0 Å². The van der Waals surface area contributed by atoms with Crippen molar-refractivity contribution in [2.24, 2.45) is 0 Å². The Morgan fingerprint density at radius 2 is 1.58 bits per heavy atom. The number of piperidine rings is 1. The van der Waals surface area contributed by atoms with Crippen molar-refractivity contribution in [2.45, 2.75) is 67.6 Å². The lowest BCUT2D eigenvalue weighted by Gasteiger charge is -2.44. The van der Waals surface area contributed by atoms with Crippen LogP contribution >= 0.6 is 0 Å². The molecule has 2 aliphatic heterocycles. The summed E-state index contributed by atoms with van der Waals surface area (Å²) in [5.74, 6) is -1.12. The van der Waals surface area contributed by atoms with Crippen LogP contribution in [-0.4, -0.2) is 66.4 Å². The molecule has 3 aromatic rings. The second-order valence-corrected chi connectivity index (χ2v) is 13.7. The molecule has 6 rings (SSSR count). The van der Waals surface area contributed by atoms with Gasteiger partial charge in [-0.25, -0.2) is 22.0 Å². The summed E-state index contributed by atoms with van der Waals surface area (Å²) in [7, 11) is -4.23. The molecule has 7 nitrogen and oxygen atoms in total. The Kier molecular flexibility index (Phi) is 8.53. The van der Waals surface area contributed by atoms with Gasteiger partial charge in [0, 0.05) is 32.7 Å². The zero-order valence-corrected chi connectivity index (χ0v) is 24.9. The molecule has 0 spiro atoms. The van der Waals surface area contributed by atoms with Crippen molar-refractivity contribution >= 4 is 16.1 Å². The Morgan fingerprint density at radius 3 is 2.30 bits per heavy atom. The Labute approximate surface area is 252 Å². The van der Waals surface area contributed by atoms with Gasteiger partial charge in [0.1, 0.15) is 17.2 Å². The van der Waals surface area contributed by atoms with E-state index in [1.807, 2.05) is 18.2 Å². The van der Waals surface area contributed by atoms with E-state index in [-0.39, 0.29) is 4.90 Å². The number of benzene rings is 3. The van der Waals surface area contributed by atoms with E-state index < -0.39 is 45.4 Å². The van der Waals surface area contributed by atoms with Gasteiger partial charge in [-0.05, 0) is 80.0 Å². The molecule has 0 N–H and O–H groups in total. The molecular weight excluding hydrogens is 572 g/mol. The van der Waals surface area contributed by atoms with Crippen LogP contribution in [0.15, 0.2) is 83.8 Å². The van der Waals surface area contributed by atoms with Gasteiger partial charge < -0.3 is 9.64 Å². The van der Waals surface area contributed by atoms with Crippen molar-refractivity contribution in [1.29, 1.82) is 0 Å². The van der Waals surface area contributed by atoms with E-state index in [0.29, 0.717) is 57.3 Å². The monoisotopic (exact) mass is 609 g/mol. The number of carbonyl (C=O) groups excluding carboxylic acids is 1. The first kappa shape index (κ1) is 29.7. The van der Waals surface area contributed by atoms with E-state index in [0.717, 1.165) is 25.6 Å². The average Bonchev–Trinajstić information content (AvgIpc) is 3.82. The molecule has 2 atom stereocenters. The predicted octanol–water partition coefficient (Wildman–Crippen LogP) is 6.13. The normalized spacial score (nSPS) is 23.0. The Balaban J connectivity index is 1.24. The fourth-order valence-electron chi connectivity index (χ4n) is 6.60. The lowest BCUT2D eigenvalue weighted by molar-refractivity contribution is -0.00814. The second kappa shape index (κ2) is 12.3. The fourth-order valence-corrected chi connectivity index (χ4v) is 8.55. The SMILES string of the molecule is O=C(OC1([C@H]2CCC[C@@H](c3cccc(F)c3)N2S(=O)(=O)c2cccc(F)c2)CC1)N1CCCN(Cc2ccccc2)CC1. The van der Waals surface area contributed by atoms with Crippen LogP contribution in [0.25, 0.3) is 0 Å². The van der Waals surface area contributed by atoms with Crippen LogP contribution in [0.5, 0.6) is 0 Å². The standard InChI is InChI=1S/C33H37F2N3O4S/c34-27-11-4-10-26(22-27)30-14-6-15-31(38(30)43(40,41)29-13-5-12-28(35)23-29)33(16-17-33)42-32(39)37-19-7-18-36(20-21-37)24-25-8-2-1-3-9-25/h1-5,8-13,22-23,30-31H,6-7,14-21,24H2/t30-,31+/m0/s1. The van der Waals surface area contributed by atoms with Crippen molar-refractivity contribution in [3.63, 3.8) is 0 Å². The van der Waals surface area contributed by atoms with Crippen molar-refractivity contribution < 1.29 is 26.7 Å². The number of ether oxygens (including phenoxy) is 1. The summed E-state index contributed by atoms with van der Waals surface area (Å²) < 4.78 is 64.6. The van der Waals surface area contributed by atoms with E-state index >= 15 is 0 Å². The van der Waals surface area contributed by atoms with Crippen molar-refractivity contribution in [1.82, 2.24) is 14.1 Å². The van der Waals surface area contributed by atoms with Crippen LogP contribution in [-0.2, 0) is 21.3 Å². The first-order valence-electron chi connectivity index (χ1n) is 15.0. The number of rotatable bonds is 7. The van der Waals surface area contributed by atoms with Crippen molar-refractivity contribution in [2.75, 3.05) is 26.2 Å². The third-order valence-electron chi connectivity index (χ3n) is 8.91. The maximum absolute atomic E-state index is 14.3. The van der Waals surface area contributed by atoms with Gasteiger partial charge in [0.15, 0.2) is 0 Å². The summed E-state index contributed by atoms with van der Waals surface area (Å²) in [6.45, 7) is 3.46. The van der Waals surface area contributed by atoms with E-state index in [1.54, 1.807) is 17.0 Å². The first-order valence-corrected chi connectivity index (χ1v) is 16.5. The van der Waals surface area contributed by atoms with E-state index in [2.05, 4.69) is 17.0 Å². The molecule has 2 saturated heterocycles. The highest BCUT2D eigenvalue weighted by Gasteiger charge is 2.60. The zero-order valence-electron chi connectivity index (χ0n) is 24.1. The molecule has 1 amide bonds. The number of carbonyl (C=O) groups is 1. The molecule has 3 aromatic carbocycles. The first-order chi connectivity index (χ1) is 20.7. The van der Waals surface area contributed by atoms with Crippen LogP contribution in [0.3, 0.4) is 0 Å². The minimum atomic E-state index is -4.23. The number of nitrogens with zero attached hydrogens (tertiary/aromatic N) is 3. The minimum absolute atomic E-state index is 0.172. The third-order valence-corrected chi connectivity index (χ3v) is 10.8. The number of sulfonamides is 1. The highest BCUT2D eigenvalue weighted by molar-refractivity contribution is 7.89. The largest absolute Gasteiger partial charge is 0.441 e. The third kappa shape index (κ3) is 6.46. The average molecular weight is 610 g/mol. The smallest absolute Gasteiger partial charge is 0.410 e. The molecular formula is C33H37F2N3O4S. The van der Waals surface area contributed by atoms with Crippen molar-refractivity contribution in [3.8, 4) is 0 Å². The summed E-state index contributed by atoms with van der Waals surface area (Å²) in [5, 5.41) is 0. The molecule has 1 saturated carbocycles. The highest BCUT2D eigenvalue weighted by Crippen LogP contribution is 2.52. The van der Waals surface area contributed by atoms with Gasteiger partial charge in [-0.1, -0.05) is 48.5 Å². The lowest BCUT2D eigenvalue weighted by Crippen LogP contribution is -2.54. The molecule has 43 heavy (non-hydrogen) atoms. The number of amides is 1. The van der Waals surface area contributed by atoms with Gasteiger partial charge in [0.25, 0.3) is 0 Å². The van der Waals surface area contributed by atoms with Crippen LogP contribution in [0.2, 0.25) is 0 Å². The van der Waals surface area contributed by atoms with Gasteiger partial charge in [0.2, 0.25) is 10.0 Å². The highest BCUT2D eigenvalue weighted by atomic mass is 32.2. The molecule has 228 valence electrons. The van der Waals surface area contributed by atoms with Crippen molar-refractivity contribution in [3.05, 3.63) is 102 Å². The summed E-state index contributed by atoms with van der Waals surface area (Å²) >= 11 is 0. The Hall–Kier alpha value is -3.34. The Bertz CT molecular complexity index is 1550. The molecule has 0 aromatic heterocycles. The van der Waals surface area contributed by atoms with Crippen LogP contribution in [0, 0.1) is 11.6 Å². The predicted molar refractivity (Wildman–Crippen MR) is 159 cm³/mol. The zero-order chi connectivity index (χ0) is 30.0. The van der Waals surface area contributed by atoms with Gasteiger partial charge in [0.05, 0.1) is 17.0 Å². The van der Waals surface area contributed by atoms with Crippen LogP contribution in [0.1, 0.15) is 55.7 Å². The topological polar surface area (TPSA) is 70.2 Å². The molecule has 10 heteroatoms. The maximum atomic E-state index is 14.3. The fraction of sp³-hybridized carbons (Fsp3) is 0.424. The van der Waals surface area contributed by atoms with E-state index in [1.165, 1.54) is 40.2 Å². The molecule has 3 fully saturated rings. The number of halogens is 2. The second-order valence-electron chi connectivity index (χ2n) is 11.8. The quantitative estimate of drug-likeness (QED) is 0.323. The van der Waals surface area contributed by atoms with E-state index in [4.69, 9.17) is 4.74 Å². The van der Waals surface area contributed by atoms with Crippen LogP contribution < -0.4 is 0 Å². The van der Waals surface area contributed by atoms with Gasteiger partial charge in [-0.2, -0.15) is 4.31 Å². The van der Waals surface area contributed by atoms with Crippen LogP contribution in [0.4, 0.5) is 13.6 Å². The summed E-state index contributed by atoms with van der Waals surface area (Å²) in [5.41, 5.74) is 0.762. The summed E-state index contributed by atoms with van der Waals surface area (Å²) in [6.07, 6.45) is 3.07. The molecule has 0 bridgehead atoms. The summed E-state index contributed by atoms with van der Waals surface area (Å²) in [4.78, 5) is 17.5. The van der Waals surface area contributed by atoms with E-state index in [9.17, 15) is 22.0 Å². The molecule has 0 radical (unpaired) electrons. The molecule has 3 aliphatic rings. The molecule has 0 unspecified atom stereocenters.